The second-order valence-corrected chi connectivity index (χ2v) is 8.87. The van der Waals surface area contributed by atoms with E-state index in [2.05, 4.69) is 10.6 Å². The van der Waals surface area contributed by atoms with Crippen molar-refractivity contribution in [3.05, 3.63) is 66.0 Å². The van der Waals surface area contributed by atoms with E-state index in [-0.39, 0.29) is 24.4 Å². The highest BCUT2D eigenvalue weighted by Crippen LogP contribution is 2.29. The SMILES string of the molecule is Cn1cccc1CN(C(=O)CN(C(=O)/C=C/c1ccccc1)C1CCCCC1)C1CC1. The molecule has 1 heterocycles. The van der Waals surface area contributed by atoms with E-state index in [0.29, 0.717) is 12.6 Å². The van der Waals surface area contributed by atoms with Gasteiger partial charge in [0.2, 0.25) is 11.8 Å². The van der Waals surface area contributed by atoms with Gasteiger partial charge in [0.15, 0.2) is 0 Å². The van der Waals surface area contributed by atoms with Crippen molar-refractivity contribution in [1.82, 2.24) is 14.4 Å². The Labute approximate surface area is 185 Å². The first-order valence-electron chi connectivity index (χ1n) is 11.6. The molecule has 31 heavy (non-hydrogen) atoms. The normalized spacial score (nSPS) is 17.1. The van der Waals surface area contributed by atoms with Gasteiger partial charge in [-0.15, -0.1) is 0 Å². The molecule has 5 heteroatoms. The number of aryl methyl sites for hydroxylation is 1. The van der Waals surface area contributed by atoms with Crippen LogP contribution in [0.25, 0.3) is 6.08 Å². The number of hydrogen-bond donors (Lipinski definition) is 0. The summed E-state index contributed by atoms with van der Waals surface area (Å²) in [5, 5.41) is 0. The molecule has 2 aliphatic carbocycles. The Balaban J connectivity index is 1.49. The van der Waals surface area contributed by atoms with Crippen molar-refractivity contribution < 1.29 is 9.59 Å². The number of hydrogen-bond acceptors (Lipinski definition) is 2. The molecule has 1 aromatic heterocycles. The van der Waals surface area contributed by atoms with Crippen LogP contribution in [0.15, 0.2) is 54.7 Å². The van der Waals surface area contributed by atoms with Crippen LogP contribution in [-0.4, -0.2) is 44.8 Å². The van der Waals surface area contributed by atoms with E-state index in [4.69, 9.17) is 0 Å². The van der Waals surface area contributed by atoms with Gasteiger partial charge >= 0.3 is 0 Å². The highest BCUT2D eigenvalue weighted by atomic mass is 16.2. The van der Waals surface area contributed by atoms with Crippen LogP contribution in [0.2, 0.25) is 0 Å². The molecular formula is C26H33N3O2. The van der Waals surface area contributed by atoms with Gasteiger partial charge in [0.1, 0.15) is 6.54 Å². The fraction of sp³-hybridized carbons (Fsp3) is 0.462. The summed E-state index contributed by atoms with van der Waals surface area (Å²) >= 11 is 0. The predicted molar refractivity (Wildman–Crippen MR) is 123 cm³/mol. The molecule has 0 spiro atoms. The highest BCUT2D eigenvalue weighted by molar-refractivity contribution is 5.94. The van der Waals surface area contributed by atoms with Gasteiger partial charge in [-0.1, -0.05) is 49.6 Å². The van der Waals surface area contributed by atoms with Crippen LogP contribution >= 0.6 is 0 Å². The number of carbonyl (C=O) groups is 2. The summed E-state index contributed by atoms with van der Waals surface area (Å²) in [5.41, 5.74) is 2.12. The molecule has 164 valence electrons. The lowest BCUT2D eigenvalue weighted by molar-refractivity contribution is -0.141. The first-order valence-corrected chi connectivity index (χ1v) is 11.6. The molecule has 0 bridgehead atoms. The predicted octanol–water partition coefficient (Wildman–Crippen LogP) is 4.39. The molecule has 2 saturated carbocycles. The van der Waals surface area contributed by atoms with Crippen molar-refractivity contribution in [1.29, 1.82) is 0 Å². The monoisotopic (exact) mass is 419 g/mol. The zero-order chi connectivity index (χ0) is 21.6. The topological polar surface area (TPSA) is 45.6 Å². The van der Waals surface area contributed by atoms with E-state index >= 15 is 0 Å². The second-order valence-electron chi connectivity index (χ2n) is 8.87. The van der Waals surface area contributed by atoms with Crippen molar-refractivity contribution in [3.8, 4) is 0 Å². The average Bonchev–Trinajstić information content (AvgIpc) is 3.56. The molecule has 0 aliphatic heterocycles. The number of carbonyl (C=O) groups excluding carboxylic acids is 2. The Morgan fingerprint density at radius 3 is 2.29 bits per heavy atom. The molecule has 0 saturated heterocycles. The Morgan fingerprint density at radius 2 is 1.65 bits per heavy atom. The van der Waals surface area contributed by atoms with Crippen molar-refractivity contribution in [3.63, 3.8) is 0 Å². The van der Waals surface area contributed by atoms with E-state index in [1.54, 1.807) is 6.08 Å². The fourth-order valence-corrected chi connectivity index (χ4v) is 4.49. The van der Waals surface area contributed by atoms with Crippen LogP contribution in [0.5, 0.6) is 0 Å². The van der Waals surface area contributed by atoms with Crippen molar-refractivity contribution in [2.45, 2.75) is 63.6 Å². The van der Waals surface area contributed by atoms with E-state index in [1.807, 2.05) is 65.5 Å². The molecule has 2 aliphatic rings. The molecule has 0 N–H and O–H groups in total. The summed E-state index contributed by atoms with van der Waals surface area (Å²) in [5.74, 6) is 0.00875. The van der Waals surface area contributed by atoms with Gasteiger partial charge in [0.25, 0.3) is 0 Å². The zero-order valence-corrected chi connectivity index (χ0v) is 18.5. The maximum absolute atomic E-state index is 13.4. The number of amides is 2. The highest BCUT2D eigenvalue weighted by Gasteiger charge is 2.35. The van der Waals surface area contributed by atoms with Crippen LogP contribution in [0.1, 0.15) is 56.2 Å². The molecule has 2 amide bonds. The lowest BCUT2D eigenvalue weighted by Gasteiger charge is -2.35. The largest absolute Gasteiger partial charge is 0.353 e. The molecule has 5 nitrogen and oxygen atoms in total. The van der Waals surface area contributed by atoms with Crippen LogP contribution in [-0.2, 0) is 23.2 Å². The number of nitrogens with zero attached hydrogens (tertiary/aromatic N) is 3. The van der Waals surface area contributed by atoms with E-state index in [9.17, 15) is 9.59 Å². The van der Waals surface area contributed by atoms with Gasteiger partial charge in [-0.2, -0.15) is 0 Å². The minimum Gasteiger partial charge on any atom is -0.353 e. The van der Waals surface area contributed by atoms with E-state index < -0.39 is 0 Å². The summed E-state index contributed by atoms with van der Waals surface area (Å²) in [6.07, 6.45) is 13.1. The third-order valence-electron chi connectivity index (χ3n) is 6.51. The Hall–Kier alpha value is -2.82. The number of aromatic nitrogens is 1. The maximum Gasteiger partial charge on any atom is 0.247 e. The van der Waals surface area contributed by atoms with Crippen molar-refractivity contribution >= 4 is 17.9 Å². The average molecular weight is 420 g/mol. The minimum absolute atomic E-state index is 0.0567. The fourth-order valence-electron chi connectivity index (χ4n) is 4.49. The lowest BCUT2D eigenvalue weighted by Crippen LogP contribution is -2.48. The summed E-state index contributed by atoms with van der Waals surface area (Å²) in [6.45, 7) is 0.781. The second kappa shape index (κ2) is 9.99. The third-order valence-corrected chi connectivity index (χ3v) is 6.51. The van der Waals surface area contributed by atoms with Gasteiger partial charge in [-0.25, -0.2) is 0 Å². The molecular weight excluding hydrogens is 386 g/mol. The maximum atomic E-state index is 13.4. The van der Waals surface area contributed by atoms with E-state index in [0.717, 1.165) is 49.8 Å². The van der Waals surface area contributed by atoms with Gasteiger partial charge in [-0.3, -0.25) is 9.59 Å². The molecule has 0 atom stereocenters. The van der Waals surface area contributed by atoms with E-state index in [1.165, 1.54) is 6.42 Å². The molecule has 1 aromatic carbocycles. The Bertz CT molecular complexity index is 908. The summed E-state index contributed by atoms with van der Waals surface area (Å²) in [7, 11) is 2.01. The molecule has 2 aromatic rings. The van der Waals surface area contributed by atoms with Gasteiger partial charge < -0.3 is 14.4 Å². The molecule has 0 unspecified atom stereocenters. The standard InChI is InChI=1S/C26H33N3O2/c1-27-18-8-13-24(27)19-28(23-15-16-23)26(31)20-29(22-11-6-3-7-12-22)25(30)17-14-21-9-4-2-5-10-21/h2,4-5,8-10,13-14,17-18,22-23H,3,6-7,11-12,15-16,19-20H2,1H3/b17-14+. The third kappa shape index (κ3) is 5.66. The first-order chi connectivity index (χ1) is 15.1. The summed E-state index contributed by atoms with van der Waals surface area (Å²) in [4.78, 5) is 30.4. The molecule has 2 fully saturated rings. The number of rotatable bonds is 8. The molecule has 4 rings (SSSR count). The van der Waals surface area contributed by atoms with Crippen LogP contribution in [0.3, 0.4) is 0 Å². The Morgan fingerprint density at radius 1 is 0.935 bits per heavy atom. The number of benzene rings is 1. The zero-order valence-electron chi connectivity index (χ0n) is 18.5. The lowest BCUT2D eigenvalue weighted by atomic mass is 9.94. The van der Waals surface area contributed by atoms with Crippen LogP contribution in [0, 0.1) is 0 Å². The summed E-state index contributed by atoms with van der Waals surface area (Å²) in [6, 6.07) is 14.4. The van der Waals surface area contributed by atoms with Crippen molar-refractivity contribution in [2.75, 3.05) is 6.54 Å². The minimum atomic E-state index is -0.0567. The van der Waals surface area contributed by atoms with Gasteiger partial charge in [0, 0.05) is 37.1 Å². The smallest absolute Gasteiger partial charge is 0.247 e. The van der Waals surface area contributed by atoms with Gasteiger partial charge in [0.05, 0.1) is 6.54 Å². The Kier molecular flexibility index (Phi) is 6.90. The summed E-state index contributed by atoms with van der Waals surface area (Å²) < 4.78 is 2.06. The first kappa shape index (κ1) is 21.4. The van der Waals surface area contributed by atoms with Crippen molar-refractivity contribution in [2.24, 2.45) is 7.05 Å². The van der Waals surface area contributed by atoms with Crippen LogP contribution in [0.4, 0.5) is 0 Å². The van der Waals surface area contributed by atoms with Gasteiger partial charge in [-0.05, 0) is 49.5 Å². The van der Waals surface area contributed by atoms with Crippen LogP contribution < -0.4 is 0 Å². The molecule has 0 radical (unpaired) electrons. The quantitative estimate of drug-likeness (QED) is 0.596.